The highest BCUT2D eigenvalue weighted by Gasteiger charge is 1.96. The van der Waals surface area contributed by atoms with E-state index in [1.54, 1.807) is 11.8 Å². The van der Waals surface area contributed by atoms with Gasteiger partial charge in [0, 0.05) is 20.5 Å². The maximum absolute atomic E-state index is 10.8. The molecule has 2 nitrogen and oxygen atoms in total. The van der Waals surface area contributed by atoms with Crippen molar-refractivity contribution in [3.8, 4) is 0 Å². The number of likely N-dealkylation sites (N-methyl/N-ethyl adjacent to an activating group) is 1. The van der Waals surface area contributed by atoms with Gasteiger partial charge in [0.1, 0.15) is 0 Å². The average Bonchev–Trinajstić information content (AvgIpc) is 2.16. The lowest BCUT2D eigenvalue weighted by molar-refractivity contribution is -0.127. The summed E-state index contributed by atoms with van der Waals surface area (Å²) in [6.07, 6.45) is 10.6. The number of allylic oxidation sites excluding steroid dienone is 1. The van der Waals surface area contributed by atoms with Gasteiger partial charge in [-0.2, -0.15) is 0 Å². The summed E-state index contributed by atoms with van der Waals surface area (Å²) in [5, 5.41) is 0. The van der Waals surface area contributed by atoms with Crippen LogP contribution in [0.5, 0.6) is 0 Å². The van der Waals surface area contributed by atoms with Gasteiger partial charge in [-0.3, -0.25) is 4.79 Å². The average molecular weight is 197 g/mol. The molecule has 0 aromatic heterocycles. The predicted octanol–water partition coefficient (Wildman–Crippen LogP) is 2.99. The van der Waals surface area contributed by atoms with Crippen molar-refractivity contribution < 1.29 is 4.79 Å². The first-order chi connectivity index (χ1) is 6.68. The molecule has 0 unspecified atom stereocenters. The van der Waals surface area contributed by atoms with Gasteiger partial charge in [0.15, 0.2) is 0 Å². The molecule has 0 atom stereocenters. The largest absolute Gasteiger partial charge is 0.342 e. The Morgan fingerprint density at radius 2 is 1.93 bits per heavy atom. The van der Waals surface area contributed by atoms with Gasteiger partial charge in [-0.15, -0.1) is 0 Å². The molecule has 2 heteroatoms. The molecule has 0 saturated carbocycles. The van der Waals surface area contributed by atoms with Crippen molar-refractivity contribution in [1.29, 1.82) is 0 Å². The second-order valence-electron chi connectivity index (χ2n) is 3.72. The zero-order valence-corrected chi connectivity index (χ0v) is 9.75. The first kappa shape index (κ1) is 13.2. The minimum absolute atomic E-state index is 0.126. The number of amides is 1. The molecule has 0 bridgehead atoms. The lowest BCUT2D eigenvalue weighted by atomic mass is 10.1. The first-order valence-corrected chi connectivity index (χ1v) is 5.55. The van der Waals surface area contributed by atoms with Gasteiger partial charge in [0.25, 0.3) is 0 Å². The maximum atomic E-state index is 10.8. The van der Waals surface area contributed by atoms with Crippen LogP contribution >= 0.6 is 0 Å². The van der Waals surface area contributed by atoms with Gasteiger partial charge in [-0.25, -0.2) is 0 Å². The van der Waals surface area contributed by atoms with E-state index in [1.807, 2.05) is 7.05 Å². The summed E-state index contributed by atoms with van der Waals surface area (Å²) in [5.74, 6) is 0.126. The van der Waals surface area contributed by atoms with E-state index in [0.717, 1.165) is 13.0 Å². The quantitative estimate of drug-likeness (QED) is 0.454. The van der Waals surface area contributed by atoms with E-state index in [9.17, 15) is 4.79 Å². The van der Waals surface area contributed by atoms with E-state index >= 15 is 0 Å². The minimum Gasteiger partial charge on any atom is -0.342 e. The third-order valence-corrected chi connectivity index (χ3v) is 2.31. The van der Waals surface area contributed by atoms with E-state index in [1.165, 1.54) is 25.7 Å². The Balaban J connectivity index is 3.31. The summed E-state index contributed by atoms with van der Waals surface area (Å²) in [4.78, 5) is 12.6. The number of hydrogen-bond acceptors (Lipinski definition) is 1. The van der Waals surface area contributed by atoms with Gasteiger partial charge >= 0.3 is 0 Å². The molecule has 0 aromatic rings. The fraction of sp³-hybridized carbons (Fsp3) is 0.750. The van der Waals surface area contributed by atoms with Crippen molar-refractivity contribution in [1.82, 2.24) is 4.90 Å². The highest BCUT2D eigenvalue weighted by Crippen LogP contribution is 2.02. The number of carbonyl (C=O) groups is 1. The summed E-state index contributed by atoms with van der Waals surface area (Å²) < 4.78 is 0. The third kappa shape index (κ3) is 7.84. The zero-order chi connectivity index (χ0) is 10.8. The van der Waals surface area contributed by atoms with Gasteiger partial charge in [0.05, 0.1) is 0 Å². The van der Waals surface area contributed by atoms with Crippen molar-refractivity contribution in [3.05, 3.63) is 12.2 Å². The van der Waals surface area contributed by atoms with Crippen LogP contribution in [0.4, 0.5) is 0 Å². The fourth-order valence-corrected chi connectivity index (χ4v) is 1.17. The van der Waals surface area contributed by atoms with E-state index in [0.29, 0.717) is 0 Å². The molecule has 82 valence electrons. The van der Waals surface area contributed by atoms with Crippen LogP contribution in [0.25, 0.3) is 0 Å². The Morgan fingerprint density at radius 3 is 2.50 bits per heavy atom. The molecule has 0 radical (unpaired) electrons. The summed E-state index contributed by atoms with van der Waals surface area (Å²) in [6.45, 7) is 4.55. The van der Waals surface area contributed by atoms with Crippen molar-refractivity contribution in [2.24, 2.45) is 0 Å². The van der Waals surface area contributed by atoms with Crippen molar-refractivity contribution in [3.63, 3.8) is 0 Å². The van der Waals surface area contributed by atoms with Crippen LogP contribution in [-0.2, 0) is 4.79 Å². The molecule has 0 aliphatic carbocycles. The Labute approximate surface area is 88.0 Å². The Kier molecular flexibility index (Phi) is 8.30. The van der Waals surface area contributed by atoms with Crippen molar-refractivity contribution in [2.45, 2.75) is 46.0 Å². The number of rotatable bonds is 7. The second-order valence-corrected chi connectivity index (χ2v) is 3.72. The molecule has 0 fully saturated rings. The van der Waals surface area contributed by atoms with Gasteiger partial charge in [-0.1, -0.05) is 38.3 Å². The molecular weight excluding hydrogens is 174 g/mol. The predicted molar refractivity (Wildman–Crippen MR) is 61.2 cm³/mol. The van der Waals surface area contributed by atoms with Crippen LogP contribution < -0.4 is 0 Å². The SMILES string of the molecule is CCCCCC/C=C/CN(C)C(C)=O. The number of nitrogens with zero attached hydrogens (tertiary/aromatic N) is 1. The Morgan fingerprint density at radius 1 is 1.21 bits per heavy atom. The van der Waals surface area contributed by atoms with Crippen molar-refractivity contribution >= 4 is 5.91 Å². The van der Waals surface area contributed by atoms with E-state index < -0.39 is 0 Å². The number of unbranched alkanes of at least 4 members (excludes halogenated alkanes) is 4. The normalized spacial score (nSPS) is 10.8. The van der Waals surface area contributed by atoms with Gasteiger partial charge < -0.3 is 4.90 Å². The second kappa shape index (κ2) is 8.79. The fourth-order valence-electron chi connectivity index (χ4n) is 1.17. The minimum atomic E-state index is 0.126. The van der Waals surface area contributed by atoms with E-state index in [-0.39, 0.29) is 5.91 Å². The molecule has 0 N–H and O–H groups in total. The highest BCUT2D eigenvalue weighted by molar-refractivity contribution is 5.72. The number of hydrogen-bond donors (Lipinski definition) is 0. The van der Waals surface area contributed by atoms with Crippen LogP contribution in [-0.4, -0.2) is 24.4 Å². The van der Waals surface area contributed by atoms with Gasteiger partial charge in [-0.05, 0) is 12.8 Å². The van der Waals surface area contributed by atoms with Crippen LogP contribution in [0.2, 0.25) is 0 Å². The lowest BCUT2D eigenvalue weighted by Crippen LogP contribution is -2.23. The molecule has 0 saturated heterocycles. The monoisotopic (exact) mass is 197 g/mol. The zero-order valence-electron chi connectivity index (χ0n) is 9.75. The van der Waals surface area contributed by atoms with Crippen LogP contribution in [0.15, 0.2) is 12.2 Å². The molecule has 0 spiro atoms. The summed E-state index contributed by atoms with van der Waals surface area (Å²) >= 11 is 0. The maximum Gasteiger partial charge on any atom is 0.219 e. The molecule has 0 heterocycles. The molecule has 0 aliphatic heterocycles. The Bertz CT molecular complexity index is 175. The number of carbonyl (C=O) groups excluding carboxylic acids is 1. The molecule has 0 rings (SSSR count). The third-order valence-electron chi connectivity index (χ3n) is 2.31. The molecule has 0 aromatic carbocycles. The first-order valence-electron chi connectivity index (χ1n) is 5.55. The Hall–Kier alpha value is -0.790. The highest BCUT2D eigenvalue weighted by atomic mass is 16.2. The molecule has 14 heavy (non-hydrogen) atoms. The topological polar surface area (TPSA) is 20.3 Å². The molecular formula is C12H23NO. The summed E-state index contributed by atoms with van der Waals surface area (Å²) in [7, 11) is 1.82. The molecule has 1 amide bonds. The van der Waals surface area contributed by atoms with Crippen LogP contribution in [0, 0.1) is 0 Å². The molecule has 0 aliphatic rings. The van der Waals surface area contributed by atoms with E-state index in [2.05, 4.69) is 19.1 Å². The summed E-state index contributed by atoms with van der Waals surface area (Å²) in [6, 6.07) is 0. The standard InChI is InChI=1S/C12H23NO/c1-4-5-6-7-8-9-10-11-13(3)12(2)14/h9-10H,4-8,11H2,1-3H3/b10-9+. The van der Waals surface area contributed by atoms with Crippen LogP contribution in [0.1, 0.15) is 46.0 Å². The van der Waals surface area contributed by atoms with Gasteiger partial charge in [0.2, 0.25) is 5.91 Å². The van der Waals surface area contributed by atoms with Crippen LogP contribution in [0.3, 0.4) is 0 Å². The smallest absolute Gasteiger partial charge is 0.219 e. The summed E-state index contributed by atoms with van der Waals surface area (Å²) in [5.41, 5.74) is 0. The van der Waals surface area contributed by atoms with E-state index in [4.69, 9.17) is 0 Å². The lowest BCUT2D eigenvalue weighted by Gasteiger charge is -2.10. The van der Waals surface area contributed by atoms with Crippen molar-refractivity contribution in [2.75, 3.05) is 13.6 Å².